The fourth-order valence-electron chi connectivity index (χ4n) is 1.69. The molecule has 0 amide bonds. The molecule has 0 radical (unpaired) electrons. The summed E-state index contributed by atoms with van der Waals surface area (Å²) in [6.07, 6.45) is 1.15. The molecule has 0 aromatic heterocycles. The first-order valence-corrected chi connectivity index (χ1v) is 6.05. The highest BCUT2D eigenvalue weighted by atomic mass is 16.4. The minimum Gasteiger partial charge on any atom is -0.478 e. The third kappa shape index (κ3) is 3.17. The fraction of sp³-hybridized carbons (Fsp3) is 0.0625. The molecular formula is C16H13NO3. The SMILES string of the molecule is Cc1ccc(C(=O)C=Nc2ccccc2C(=O)O)cc1. The Morgan fingerprint density at radius 3 is 2.35 bits per heavy atom. The summed E-state index contributed by atoms with van der Waals surface area (Å²) in [7, 11) is 0. The van der Waals surface area contributed by atoms with E-state index in [4.69, 9.17) is 5.11 Å². The maximum absolute atomic E-state index is 11.9. The van der Waals surface area contributed by atoms with E-state index < -0.39 is 5.97 Å². The van der Waals surface area contributed by atoms with Crippen LogP contribution in [0.4, 0.5) is 5.69 Å². The largest absolute Gasteiger partial charge is 0.478 e. The summed E-state index contributed by atoms with van der Waals surface area (Å²) in [5, 5.41) is 9.02. The number of ketones is 1. The van der Waals surface area contributed by atoms with Crippen molar-refractivity contribution in [3.05, 3.63) is 65.2 Å². The number of carbonyl (C=O) groups excluding carboxylic acids is 1. The van der Waals surface area contributed by atoms with Gasteiger partial charge in [0.15, 0.2) is 0 Å². The molecule has 0 saturated carbocycles. The zero-order chi connectivity index (χ0) is 14.5. The molecule has 0 bridgehead atoms. The highest BCUT2D eigenvalue weighted by Crippen LogP contribution is 2.18. The van der Waals surface area contributed by atoms with Gasteiger partial charge in [0.25, 0.3) is 0 Å². The molecule has 2 aromatic rings. The zero-order valence-electron chi connectivity index (χ0n) is 10.9. The molecule has 2 rings (SSSR count). The van der Waals surface area contributed by atoms with Gasteiger partial charge in [-0.25, -0.2) is 4.79 Å². The van der Waals surface area contributed by atoms with E-state index >= 15 is 0 Å². The number of aliphatic imine (C=N–C) groups is 1. The molecule has 0 aliphatic carbocycles. The molecule has 0 atom stereocenters. The van der Waals surface area contributed by atoms with Gasteiger partial charge in [0.2, 0.25) is 5.78 Å². The number of carbonyl (C=O) groups is 2. The molecule has 20 heavy (non-hydrogen) atoms. The Labute approximate surface area is 116 Å². The van der Waals surface area contributed by atoms with Crippen LogP contribution < -0.4 is 0 Å². The Bertz CT molecular complexity index is 672. The van der Waals surface area contributed by atoms with Crippen LogP contribution in [0.15, 0.2) is 53.5 Å². The first kappa shape index (κ1) is 13.7. The van der Waals surface area contributed by atoms with Crippen molar-refractivity contribution in [2.24, 2.45) is 4.99 Å². The number of carboxylic acid groups (broad SMARTS) is 1. The number of aryl methyl sites for hydroxylation is 1. The van der Waals surface area contributed by atoms with E-state index in [1.807, 2.05) is 19.1 Å². The number of aromatic carboxylic acids is 1. The van der Waals surface area contributed by atoms with Crippen molar-refractivity contribution in [2.75, 3.05) is 0 Å². The Kier molecular flexibility index (Phi) is 4.05. The van der Waals surface area contributed by atoms with Crippen molar-refractivity contribution in [1.82, 2.24) is 0 Å². The number of hydrogen-bond acceptors (Lipinski definition) is 3. The Balaban J connectivity index is 2.23. The van der Waals surface area contributed by atoms with Crippen LogP contribution in [0.3, 0.4) is 0 Å². The average Bonchev–Trinajstić information content (AvgIpc) is 2.45. The van der Waals surface area contributed by atoms with Crippen LogP contribution in [0.5, 0.6) is 0 Å². The molecule has 1 N–H and O–H groups in total. The van der Waals surface area contributed by atoms with Crippen LogP contribution in [-0.4, -0.2) is 23.1 Å². The molecule has 0 heterocycles. The van der Waals surface area contributed by atoms with Gasteiger partial charge < -0.3 is 5.11 Å². The molecule has 0 fully saturated rings. The van der Waals surface area contributed by atoms with Crippen molar-refractivity contribution >= 4 is 23.7 Å². The highest BCUT2D eigenvalue weighted by Gasteiger charge is 2.08. The summed E-state index contributed by atoms with van der Waals surface area (Å²) in [5.41, 5.74) is 1.92. The molecule has 0 saturated heterocycles. The molecule has 0 spiro atoms. The normalized spacial score (nSPS) is 10.7. The zero-order valence-corrected chi connectivity index (χ0v) is 10.9. The topological polar surface area (TPSA) is 66.7 Å². The maximum Gasteiger partial charge on any atom is 0.337 e. The summed E-state index contributed by atoms with van der Waals surface area (Å²) in [6, 6.07) is 13.4. The predicted molar refractivity (Wildman–Crippen MR) is 77.1 cm³/mol. The Morgan fingerprint density at radius 2 is 1.70 bits per heavy atom. The maximum atomic E-state index is 11.9. The molecule has 0 aliphatic rings. The molecule has 2 aromatic carbocycles. The van der Waals surface area contributed by atoms with Crippen LogP contribution in [0.2, 0.25) is 0 Å². The van der Waals surface area contributed by atoms with Crippen molar-refractivity contribution in [3.8, 4) is 0 Å². The summed E-state index contributed by atoms with van der Waals surface area (Å²) >= 11 is 0. The number of para-hydroxylation sites is 1. The summed E-state index contributed by atoms with van der Waals surface area (Å²) in [4.78, 5) is 26.9. The van der Waals surface area contributed by atoms with Gasteiger partial charge in [-0.15, -0.1) is 0 Å². The Morgan fingerprint density at radius 1 is 1.05 bits per heavy atom. The third-order valence-corrected chi connectivity index (χ3v) is 2.79. The monoisotopic (exact) mass is 267 g/mol. The number of Topliss-reactive ketones (excluding diaryl/α,β-unsaturated/α-hetero) is 1. The van der Waals surface area contributed by atoms with Gasteiger partial charge in [0, 0.05) is 5.56 Å². The minimum absolute atomic E-state index is 0.0699. The van der Waals surface area contributed by atoms with Gasteiger partial charge in [-0.2, -0.15) is 0 Å². The van der Waals surface area contributed by atoms with Crippen LogP contribution >= 0.6 is 0 Å². The minimum atomic E-state index is -1.07. The number of benzene rings is 2. The van der Waals surface area contributed by atoms with Crippen molar-refractivity contribution < 1.29 is 14.7 Å². The van der Waals surface area contributed by atoms with Gasteiger partial charge >= 0.3 is 5.97 Å². The van der Waals surface area contributed by atoms with Gasteiger partial charge in [-0.05, 0) is 19.1 Å². The van der Waals surface area contributed by atoms with Gasteiger partial charge in [-0.3, -0.25) is 9.79 Å². The summed E-state index contributed by atoms with van der Waals surface area (Å²) < 4.78 is 0. The lowest BCUT2D eigenvalue weighted by atomic mass is 10.1. The summed E-state index contributed by atoms with van der Waals surface area (Å²) in [6.45, 7) is 1.94. The number of hydrogen-bond donors (Lipinski definition) is 1. The van der Waals surface area contributed by atoms with E-state index in [0.29, 0.717) is 5.56 Å². The second-order valence-electron chi connectivity index (χ2n) is 4.31. The standard InChI is InChI=1S/C16H13NO3/c1-11-6-8-12(9-7-11)15(18)10-17-14-5-3-2-4-13(14)16(19)20/h2-10H,1H3,(H,19,20). The lowest BCUT2D eigenvalue weighted by Gasteiger charge is -2.00. The lowest BCUT2D eigenvalue weighted by molar-refractivity contribution is 0.0697. The first-order chi connectivity index (χ1) is 9.58. The van der Waals surface area contributed by atoms with E-state index in [1.165, 1.54) is 6.07 Å². The van der Waals surface area contributed by atoms with E-state index in [2.05, 4.69) is 4.99 Å². The summed E-state index contributed by atoms with van der Waals surface area (Å²) in [5.74, 6) is -1.33. The van der Waals surface area contributed by atoms with Crippen molar-refractivity contribution in [3.63, 3.8) is 0 Å². The third-order valence-electron chi connectivity index (χ3n) is 2.79. The van der Waals surface area contributed by atoms with E-state index in [0.717, 1.165) is 11.8 Å². The quantitative estimate of drug-likeness (QED) is 0.682. The second kappa shape index (κ2) is 5.93. The van der Waals surface area contributed by atoms with Crippen molar-refractivity contribution in [1.29, 1.82) is 0 Å². The predicted octanol–water partition coefficient (Wildman–Crippen LogP) is 3.28. The number of carboxylic acids is 1. The van der Waals surface area contributed by atoms with Gasteiger partial charge in [0.05, 0.1) is 17.5 Å². The Hall–Kier alpha value is -2.75. The van der Waals surface area contributed by atoms with Crippen LogP contribution in [-0.2, 0) is 0 Å². The van der Waals surface area contributed by atoms with Crippen LogP contribution in [0, 0.1) is 6.92 Å². The van der Waals surface area contributed by atoms with E-state index in [1.54, 1.807) is 30.3 Å². The highest BCUT2D eigenvalue weighted by molar-refractivity contribution is 6.35. The van der Waals surface area contributed by atoms with Gasteiger partial charge in [0.1, 0.15) is 0 Å². The fourth-order valence-corrected chi connectivity index (χ4v) is 1.69. The van der Waals surface area contributed by atoms with Gasteiger partial charge in [-0.1, -0.05) is 42.0 Å². The second-order valence-corrected chi connectivity index (χ2v) is 4.31. The molecular weight excluding hydrogens is 254 g/mol. The van der Waals surface area contributed by atoms with E-state index in [9.17, 15) is 9.59 Å². The molecule has 100 valence electrons. The average molecular weight is 267 g/mol. The number of nitrogens with zero attached hydrogens (tertiary/aromatic N) is 1. The van der Waals surface area contributed by atoms with Crippen LogP contribution in [0.25, 0.3) is 0 Å². The number of rotatable bonds is 4. The molecule has 4 heteroatoms. The van der Waals surface area contributed by atoms with Crippen molar-refractivity contribution in [2.45, 2.75) is 6.92 Å². The molecule has 0 unspecified atom stereocenters. The molecule has 4 nitrogen and oxygen atoms in total. The lowest BCUT2D eigenvalue weighted by Crippen LogP contribution is -2.01. The van der Waals surface area contributed by atoms with Crippen LogP contribution in [0.1, 0.15) is 26.3 Å². The first-order valence-electron chi connectivity index (χ1n) is 6.05. The smallest absolute Gasteiger partial charge is 0.337 e. The molecule has 0 aliphatic heterocycles. The van der Waals surface area contributed by atoms with E-state index in [-0.39, 0.29) is 17.0 Å².